The molecule has 0 amide bonds. The number of aliphatic hydroxyl groups excluding tert-OH is 1. The summed E-state index contributed by atoms with van der Waals surface area (Å²) in [6, 6.07) is 0. The van der Waals surface area contributed by atoms with E-state index in [0.717, 1.165) is 0 Å². The molecule has 0 fully saturated rings. The number of ether oxygens (including phenoxy) is 1. The van der Waals surface area contributed by atoms with Crippen molar-refractivity contribution in [3.8, 4) is 11.5 Å². The Morgan fingerprint density at radius 3 is 2.44 bits per heavy atom. The SMILES string of the molecule is C/C=C/C[C@H](O)[C@H](CC#C[Si](C)(C)C)OC. The predicted octanol–water partition coefficient (Wildman–Crippen LogP) is 2.60. The van der Waals surface area contributed by atoms with Crippen molar-refractivity contribution in [1.82, 2.24) is 0 Å². The molecule has 0 rings (SSSR count). The second kappa shape index (κ2) is 7.67. The molecular weight excluding hydrogens is 216 g/mol. The first-order valence-electron chi connectivity index (χ1n) is 5.72. The van der Waals surface area contributed by atoms with Crippen molar-refractivity contribution in [2.75, 3.05) is 7.11 Å². The van der Waals surface area contributed by atoms with Crippen molar-refractivity contribution >= 4 is 8.07 Å². The molecule has 0 unspecified atom stereocenters. The van der Waals surface area contributed by atoms with Gasteiger partial charge in [-0.05, 0) is 13.3 Å². The summed E-state index contributed by atoms with van der Waals surface area (Å²) < 4.78 is 5.25. The van der Waals surface area contributed by atoms with Crippen LogP contribution in [0.4, 0.5) is 0 Å². The Balaban J connectivity index is 4.23. The molecule has 0 aromatic carbocycles. The summed E-state index contributed by atoms with van der Waals surface area (Å²) in [6.07, 6.45) is 4.48. The quantitative estimate of drug-likeness (QED) is 0.455. The first-order valence-corrected chi connectivity index (χ1v) is 9.22. The van der Waals surface area contributed by atoms with Gasteiger partial charge in [-0.1, -0.05) is 31.8 Å². The molecule has 0 aliphatic heterocycles. The van der Waals surface area contributed by atoms with Gasteiger partial charge in [0.05, 0.1) is 12.2 Å². The van der Waals surface area contributed by atoms with Crippen LogP contribution in [0, 0.1) is 11.5 Å². The predicted molar refractivity (Wildman–Crippen MR) is 72.0 cm³/mol. The van der Waals surface area contributed by atoms with Crippen molar-refractivity contribution in [1.29, 1.82) is 0 Å². The Morgan fingerprint density at radius 1 is 1.38 bits per heavy atom. The summed E-state index contributed by atoms with van der Waals surface area (Å²) in [4.78, 5) is 0. The zero-order chi connectivity index (χ0) is 12.6. The van der Waals surface area contributed by atoms with Gasteiger partial charge in [-0.25, -0.2) is 0 Å². The van der Waals surface area contributed by atoms with Crippen LogP contribution in [-0.4, -0.2) is 32.5 Å². The van der Waals surface area contributed by atoms with Gasteiger partial charge in [0, 0.05) is 13.5 Å². The van der Waals surface area contributed by atoms with E-state index in [1.807, 2.05) is 19.1 Å². The van der Waals surface area contributed by atoms with E-state index < -0.39 is 14.2 Å². The molecule has 0 aromatic rings. The topological polar surface area (TPSA) is 29.5 Å². The van der Waals surface area contributed by atoms with E-state index in [1.165, 1.54) is 0 Å². The second-order valence-corrected chi connectivity index (χ2v) is 9.65. The molecule has 0 saturated heterocycles. The largest absolute Gasteiger partial charge is 0.390 e. The van der Waals surface area contributed by atoms with Crippen LogP contribution in [0.2, 0.25) is 19.6 Å². The monoisotopic (exact) mass is 240 g/mol. The Labute approximate surface area is 101 Å². The molecule has 16 heavy (non-hydrogen) atoms. The van der Waals surface area contributed by atoms with Gasteiger partial charge in [0.1, 0.15) is 8.07 Å². The molecule has 92 valence electrons. The molecule has 0 spiro atoms. The van der Waals surface area contributed by atoms with Gasteiger partial charge in [-0.2, -0.15) is 0 Å². The lowest BCUT2D eigenvalue weighted by molar-refractivity contribution is -0.00648. The molecule has 2 atom stereocenters. The minimum Gasteiger partial charge on any atom is -0.390 e. The first-order chi connectivity index (χ1) is 7.40. The van der Waals surface area contributed by atoms with Gasteiger partial charge in [0.15, 0.2) is 0 Å². The van der Waals surface area contributed by atoms with Crippen LogP contribution in [0.3, 0.4) is 0 Å². The minimum atomic E-state index is -1.31. The molecule has 2 nitrogen and oxygen atoms in total. The summed E-state index contributed by atoms with van der Waals surface area (Å²) in [5, 5.41) is 9.84. The number of hydrogen-bond acceptors (Lipinski definition) is 2. The fourth-order valence-corrected chi connectivity index (χ4v) is 1.85. The summed E-state index contributed by atoms with van der Waals surface area (Å²) in [6.45, 7) is 8.56. The average molecular weight is 240 g/mol. The van der Waals surface area contributed by atoms with E-state index in [2.05, 4.69) is 31.1 Å². The molecule has 3 heteroatoms. The number of hydrogen-bond donors (Lipinski definition) is 1. The van der Waals surface area contributed by atoms with Gasteiger partial charge in [0.2, 0.25) is 0 Å². The molecule has 1 N–H and O–H groups in total. The maximum Gasteiger partial charge on any atom is 0.129 e. The van der Waals surface area contributed by atoms with Crippen LogP contribution in [0.1, 0.15) is 19.8 Å². The third-order valence-electron chi connectivity index (χ3n) is 2.11. The molecule has 0 bridgehead atoms. The number of methoxy groups -OCH3 is 1. The average Bonchev–Trinajstić information content (AvgIpc) is 2.19. The lowest BCUT2D eigenvalue weighted by Crippen LogP contribution is -2.27. The highest BCUT2D eigenvalue weighted by atomic mass is 28.3. The van der Waals surface area contributed by atoms with Crippen molar-refractivity contribution < 1.29 is 9.84 Å². The Hall–Kier alpha value is -0.563. The fourth-order valence-electron chi connectivity index (χ4n) is 1.22. The zero-order valence-electron chi connectivity index (χ0n) is 11.1. The number of rotatable bonds is 5. The van der Waals surface area contributed by atoms with Crippen LogP contribution >= 0.6 is 0 Å². The van der Waals surface area contributed by atoms with E-state index >= 15 is 0 Å². The van der Waals surface area contributed by atoms with E-state index in [4.69, 9.17) is 4.74 Å². The van der Waals surface area contributed by atoms with Crippen LogP contribution in [-0.2, 0) is 4.74 Å². The standard InChI is InChI=1S/C13H24O2Si/c1-6-7-9-12(14)13(15-2)10-8-11-16(3,4)5/h6-7,12-14H,9-10H2,1-5H3/b7-6+/t12-,13-/m0/s1. The van der Waals surface area contributed by atoms with Crippen molar-refractivity contribution in [3.05, 3.63) is 12.2 Å². The molecule has 0 saturated carbocycles. The summed E-state index contributed by atoms with van der Waals surface area (Å²) in [5.41, 5.74) is 3.28. The van der Waals surface area contributed by atoms with Gasteiger partial charge in [0.25, 0.3) is 0 Å². The van der Waals surface area contributed by atoms with Gasteiger partial charge < -0.3 is 9.84 Å². The highest BCUT2D eigenvalue weighted by Crippen LogP contribution is 2.08. The Kier molecular flexibility index (Phi) is 7.40. The van der Waals surface area contributed by atoms with E-state index in [9.17, 15) is 5.11 Å². The summed E-state index contributed by atoms with van der Waals surface area (Å²) >= 11 is 0. The lowest BCUT2D eigenvalue weighted by Gasteiger charge is -2.18. The third-order valence-corrected chi connectivity index (χ3v) is 3.04. The molecule has 0 aliphatic carbocycles. The smallest absolute Gasteiger partial charge is 0.129 e. The van der Waals surface area contributed by atoms with Crippen molar-refractivity contribution in [2.24, 2.45) is 0 Å². The van der Waals surface area contributed by atoms with Crippen LogP contribution in [0.25, 0.3) is 0 Å². The Morgan fingerprint density at radius 2 is 2.00 bits per heavy atom. The normalized spacial score (nSPS) is 15.6. The van der Waals surface area contributed by atoms with Crippen molar-refractivity contribution in [2.45, 2.75) is 51.6 Å². The van der Waals surface area contributed by atoms with E-state index in [0.29, 0.717) is 12.8 Å². The van der Waals surface area contributed by atoms with Crippen LogP contribution < -0.4 is 0 Å². The first kappa shape index (κ1) is 15.4. The number of allylic oxidation sites excluding steroid dienone is 1. The van der Waals surface area contributed by atoms with Gasteiger partial charge in [-0.3, -0.25) is 0 Å². The van der Waals surface area contributed by atoms with E-state index in [-0.39, 0.29) is 6.10 Å². The lowest BCUT2D eigenvalue weighted by atomic mass is 10.1. The highest BCUT2D eigenvalue weighted by Gasteiger charge is 2.16. The highest BCUT2D eigenvalue weighted by molar-refractivity contribution is 6.83. The zero-order valence-corrected chi connectivity index (χ0v) is 12.1. The fraction of sp³-hybridized carbons (Fsp3) is 0.692. The maximum absolute atomic E-state index is 9.84. The maximum atomic E-state index is 9.84. The minimum absolute atomic E-state index is 0.181. The summed E-state index contributed by atoms with van der Waals surface area (Å²) in [7, 11) is 0.316. The van der Waals surface area contributed by atoms with Gasteiger partial charge >= 0.3 is 0 Å². The molecule has 0 heterocycles. The van der Waals surface area contributed by atoms with Crippen LogP contribution in [0.5, 0.6) is 0 Å². The molecule has 0 aromatic heterocycles. The van der Waals surface area contributed by atoms with E-state index in [1.54, 1.807) is 7.11 Å². The third kappa shape index (κ3) is 7.69. The molecular formula is C13H24O2Si. The van der Waals surface area contributed by atoms with Gasteiger partial charge in [-0.15, -0.1) is 11.5 Å². The Bertz CT molecular complexity index is 268. The summed E-state index contributed by atoms with van der Waals surface area (Å²) in [5.74, 6) is 3.14. The second-order valence-electron chi connectivity index (χ2n) is 4.90. The number of aliphatic hydroxyl groups is 1. The molecule has 0 aliphatic rings. The van der Waals surface area contributed by atoms with Crippen LogP contribution in [0.15, 0.2) is 12.2 Å². The molecule has 0 radical (unpaired) electrons. The van der Waals surface area contributed by atoms with Crippen molar-refractivity contribution in [3.63, 3.8) is 0 Å².